The summed E-state index contributed by atoms with van der Waals surface area (Å²) in [6.45, 7) is 1.73. The van der Waals surface area contributed by atoms with E-state index in [0.29, 0.717) is 6.42 Å². The van der Waals surface area contributed by atoms with Gasteiger partial charge >= 0.3 is 5.97 Å². The molecule has 82 valence electrons. The van der Waals surface area contributed by atoms with Gasteiger partial charge in [-0.15, -0.1) is 0 Å². The van der Waals surface area contributed by atoms with Gasteiger partial charge < -0.3 is 5.11 Å². The van der Waals surface area contributed by atoms with E-state index in [9.17, 15) is 9.00 Å². The van der Waals surface area contributed by atoms with Gasteiger partial charge in [-0.25, -0.2) is 0 Å². The summed E-state index contributed by atoms with van der Waals surface area (Å²) < 4.78 is 11.7. The highest BCUT2D eigenvalue weighted by atomic mass is 32.2. The molecule has 0 bridgehead atoms. The van der Waals surface area contributed by atoms with Gasteiger partial charge in [-0.05, 0) is 24.1 Å². The van der Waals surface area contributed by atoms with Crippen molar-refractivity contribution in [3.63, 3.8) is 0 Å². The number of carbonyl (C=O) groups is 1. The van der Waals surface area contributed by atoms with Gasteiger partial charge in [0.05, 0.1) is 0 Å². The average molecular weight is 227 g/mol. The van der Waals surface area contributed by atoms with Crippen molar-refractivity contribution in [2.75, 3.05) is 0 Å². The predicted octanol–water partition coefficient (Wildman–Crippen LogP) is 1.19. The number of hydrogen-bond acceptors (Lipinski definition) is 3. The largest absolute Gasteiger partial charge is 0.480 e. The smallest absolute Gasteiger partial charge is 0.319 e. The van der Waals surface area contributed by atoms with Gasteiger partial charge in [-0.2, -0.15) is 0 Å². The molecule has 5 heteroatoms. The van der Waals surface area contributed by atoms with Crippen molar-refractivity contribution in [3.05, 3.63) is 30.1 Å². The lowest BCUT2D eigenvalue weighted by molar-refractivity contribution is -0.136. The first kappa shape index (κ1) is 11.8. The Labute approximate surface area is 90.8 Å². The Kier molecular flexibility index (Phi) is 4.42. The maximum absolute atomic E-state index is 11.7. The van der Waals surface area contributed by atoms with E-state index in [2.05, 4.69) is 4.98 Å². The van der Waals surface area contributed by atoms with Crippen LogP contribution in [0, 0.1) is 0 Å². The Morgan fingerprint density at radius 3 is 2.60 bits per heavy atom. The highest BCUT2D eigenvalue weighted by molar-refractivity contribution is 7.85. The second kappa shape index (κ2) is 5.60. The molecular formula is C10H13NO3S. The minimum Gasteiger partial charge on any atom is -0.480 e. The van der Waals surface area contributed by atoms with Crippen molar-refractivity contribution in [2.24, 2.45) is 0 Å². The second-order valence-electron chi connectivity index (χ2n) is 3.12. The third-order valence-corrected chi connectivity index (χ3v) is 3.81. The molecule has 0 aliphatic carbocycles. The van der Waals surface area contributed by atoms with E-state index in [-0.39, 0.29) is 5.75 Å². The molecule has 0 saturated carbocycles. The van der Waals surface area contributed by atoms with Crippen LogP contribution in [0.5, 0.6) is 0 Å². The van der Waals surface area contributed by atoms with Gasteiger partial charge in [-0.1, -0.05) is 6.92 Å². The zero-order valence-electron chi connectivity index (χ0n) is 8.42. The molecule has 1 N–H and O–H groups in total. The van der Waals surface area contributed by atoms with Crippen LogP contribution in [0.25, 0.3) is 0 Å². The number of carboxylic acids is 1. The molecule has 0 fully saturated rings. The first-order valence-electron chi connectivity index (χ1n) is 4.64. The summed E-state index contributed by atoms with van der Waals surface area (Å²) in [4.78, 5) is 14.6. The Balaban J connectivity index is 2.66. The molecule has 0 aliphatic heterocycles. The Hall–Kier alpha value is -1.23. The van der Waals surface area contributed by atoms with Gasteiger partial charge in [0.15, 0.2) is 0 Å². The molecule has 0 spiro atoms. The summed E-state index contributed by atoms with van der Waals surface area (Å²) in [5.74, 6) is -0.724. The summed E-state index contributed by atoms with van der Waals surface area (Å²) in [5, 5.41) is 8.04. The van der Waals surface area contributed by atoms with E-state index in [1.807, 2.05) is 0 Å². The van der Waals surface area contributed by atoms with Crippen LogP contribution in [0.1, 0.15) is 18.9 Å². The highest BCUT2D eigenvalue weighted by Gasteiger charge is 2.22. The van der Waals surface area contributed by atoms with Gasteiger partial charge in [0.1, 0.15) is 5.25 Å². The Bertz CT molecular complexity index is 353. The van der Waals surface area contributed by atoms with E-state index >= 15 is 0 Å². The molecular weight excluding hydrogens is 214 g/mol. The second-order valence-corrected chi connectivity index (χ2v) is 4.73. The zero-order chi connectivity index (χ0) is 11.3. The number of carboxylic acid groups (broad SMARTS) is 1. The Morgan fingerprint density at radius 1 is 1.53 bits per heavy atom. The SMILES string of the molecule is CCC(C(=O)O)S(=O)Cc1ccncc1. The lowest BCUT2D eigenvalue weighted by Gasteiger charge is -2.09. The maximum Gasteiger partial charge on any atom is 0.319 e. The topological polar surface area (TPSA) is 67.3 Å². The first-order valence-corrected chi connectivity index (χ1v) is 6.02. The maximum atomic E-state index is 11.7. The quantitative estimate of drug-likeness (QED) is 0.820. The van der Waals surface area contributed by atoms with Crippen LogP contribution in [0.2, 0.25) is 0 Å². The van der Waals surface area contributed by atoms with Gasteiger partial charge in [-0.3, -0.25) is 14.0 Å². The zero-order valence-corrected chi connectivity index (χ0v) is 9.24. The van der Waals surface area contributed by atoms with Crippen LogP contribution in [-0.4, -0.2) is 25.5 Å². The van der Waals surface area contributed by atoms with Crippen LogP contribution in [0.4, 0.5) is 0 Å². The van der Waals surface area contributed by atoms with Gasteiger partial charge in [0.25, 0.3) is 0 Å². The van der Waals surface area contributed by atoms with Gasteiger partial charge in [0.2, 0.25) is 0 Å². The summed E-state index contributed by atoms with van der Waals surface area (Å²) in [7, 11) is -1.37. The van der Waals surface area contributed by atoms with Crippen LogP contribution in [-0.2, 0) is 21.3 Å². The fourth-order valence-corrected chi connectivity index (χ4v) is 2.54. The highest BCUT2D eigenvalue weighted by Crippen LogP contribution is 2.09. The number of hydrogen-bond donors (Lipinski definition) is 1. The summed E-state index contributed by atoms with van der Waals surface area (Å²) >= 11 is 0. The summed E-state index contributed by atoms with van der Waals surface area (Å²) in [5.41, 5.74) is 0.850. The minimum atomic E-state index is -1.37. The lowest BCUT2D eigenvalue weighted by atomic mass is 10.3. The molecule has 2 unspecified atom stereocenters. The molecule has 1 rings (SSSR count). The number of aliphatic carboxylic acids is 1. The van der Waals surface area contributed by atoms with Crippen molar-refractivity contribution < 1.29 is 14.1 Å². The van der Waals surface area contributed by atoms with Crippen molar-refractivity contribution >= 4 is 16.8 Å². The Morgan fingerprint density at radius 2 is 2.13 bits per heavy atom. The molecule has 2 atom stereocenters. The van der Waals surface area contributed by atoms with Crippen LogP contribution in [0.15, 0.2) is 24.5 Å². The third kappa shape index (κ3) is 3.43. The third-order valence-electron chi connectivity index (χ3n) is 2.02. The van der Waals surface area contributed by atoms with Crippen LogP contribution in [0.3, 0.4) is 0 Å². The molecule has 4 nitrogen and oxygen atoms in total. The minimum absolute atomic E-state index is 0.271. The van der Waals surface area contributed by atoms with Crippen molar-refractivity contribution in [1.29, 1.82) is 0 Å². The van der Waals surface area contributed by atoms with E-state index < -0.39 is 22.0 Å². The van der Waals surface area contributed by atoms with Gasteiger partial charge in [0, 0.05) is 28.9 Å². The standard InChI is InChI=1S/C10H13NO3S/c1-2-9(10(12)13)15(14)7-8-3-5-11-6-4-8/h3-6,9H,2,7H2,1H3,(H,12,13). The molecule has 0 aliphatic rings. The van der Waals surface area contributed by atoms with E-state index in [1.165, 1.54) is 0 Å². The molecule has 0 radical (unpaired) electrons. The average Bonchev–Trinajstić information content (AvgIpc) is 2.19. The summed E-state index contributed by atoms with van der Waals surface area (Å²) in [6, 6.07) is 3.49. The van der Waals surface area contributed by atoms with E-state index in [1.54, 1.807) is 31.5 Å². The van der Waals surface area contributed by atoms with E-state index in [0.717, 1.165) is 5.56 Å². The number of aromatic nitrogens is 1. The molecule has 0 aromatic carbocycles. The fourth-order valence-electron chi connectivity index (χ4n) is 1.22. The molecule has 1 aromatic rings. The molecule has 1 aromatic heterocycles. The first-order chi connectivity index (χ1) is 7.15. The van der Waals surface area contributed by atoms with Crippen LogP contribution >= 0.6 is 0 Å². The summed E-state index contributed by atoms with van der Waals surface area (Å²) in [6.07, 6.45) is 3.59. The van der Waals surface area contributed by atoms with Crippen molar-refractivity contribution in [2.45, 2.75) is 24.3 Å². The molecule has 0 saturated heterocycles. The lowest BCUT2D eigenvalue weighted by Crippen LogP contribution is -2.25. The van der Waals surface area contributed by atoms with Crippen molar-refractivity contribution in [3.8, 4) is 0 Å². The number of rotatable bonds is 5. The van der Waals surface area contributed by atoms with Crippen molar-refractivity contribution in [1.82, 2.24) is 4.98 Å². The predicted molar refractivity (Wildman–Crippen MR) is 57.8 cm³/mol. The number of nitrogens with zero attached hydrogens (tertiary/aromatic N) is 1. The van der Waals surface area contributed by atoms with E-state index in [4.69, 9.17) is 5.11 Å². The number of pyridine rings is 1. The van der Waals surface area contributed by atoms with Crippen LogP contribution < -0.4 is 0 Å². The molecule has 15 heavy (non-hydrogen) atoms. The fraction of sp³-hybridized carbons (Fsp3) is 0.400. The normalized spacial score (nSPS) is 14.5. The molecule has 0 amide bonds. The monoisotopic (exact) mass is 227 g/mol. The molecule has 1 heterocycles.